The second-order valence-electron chi connectivity index (χ2n) is 6.44. The van der Waals surface area contributed by atoms with E-state index < -0.39 is 5.97 Å². The minimum Gasteiger partial charge on any atom is -0.478 e. The van der Waals surface area contributed by atoms with Gasteiger partial charge in [-0.05, 0) is 43.9 Å². The van der Waals surface area contributed by atoms with Crippen LogP contribution in [0.2, 0.25) is 0 Å². The molecular formula is C15H21N3O3. The first-order valence-electron chi connectivity index (χ1n) is 7.53. The van der Waals surface area contributed by atoms with E-state index in [1.54, 1.807) is 7.05 Å². The second-order valence-corrected chi connectivity index (χ2v) is 6.44. The summed E-state index contributed by atoms with van der Waals surface area (Å²) >= 11 is 0. The Bertz CT molecular complexity index is 581. The summed E-state index contributed by atoms with van der Waals surface area (Å²) in [6.07, 6.45) is 6.29. The molecule has 2 aliphatic rings. The zero-order valence-corrected chi connectivity index (χ0v) is 12.4. The zero-order chi connectivity index (χ0) is 15.1. The van der Waals surface area contributed by atoms with Gasteiger partial charge in [-0.1, -0.05) is 6.42 Å². The van der Waals surface area contributed by atoms with Gasteiger partial charge >= 0.3 is 5.97 Å². The Morgan fingerprint density at radius 3 is 2.76 bits per heavy atom. The van der Waals surface area contributed by atoms with Gasteiger partial charge < -0.3 is 10.4 Å². The molecule has 2 fully saturated rings. The molecule has 2 N–H and O–H groups in total. The van der Waals surface area contributed by atoms with Crippen LogP contribution >= 0.6 is 0 Å². The van der Waals surface area contributed by atoms with Gasteiger partial charge in [-0.3, -0.25) is 9.48 Å². The van der Waals surface area contributed by atoms with E-state index in [2.05, 4.69) is 10.4 Å². The van der Waals surface area contributed by atoms with Crippen LogP contribution in [-0.4, -0.2) is 32.8 Å². The van der Waals surface area contributed by atoms with Crippen LogP contribution in [0, 0.1) is 17.8 Å². The van der Waals surface area contributed by atoms with Gasteiger partial charge in [0, 0.05) is 13.1 Å². The fourth-order valence-electron chi connectivity index (χ4n) is 4.15. The number of carboxylic acids is 1. The molecule has 1 aromatic rings. The average molecular weight is 291 g/mol. The Morgan fingerprint density at radius 2 is 2.19 bits per heavy atom. The zero-order valence-electron chi connectivity index (χ0n) is 12.4. The number of carboxylic acid groups (broad SMARTS) is 1. The topological polar surface area (TPSA) is 84.2 Å². The third kappa shape index (κ3) is 2.43. The third-order valence-corrected chi connectivity index (χ3v) is 5.18. The third-order valence-electron chi connectivity index (χ3n) is 5.18. The molecule has 0 radical (unpaired) electrons. The van der Waals surface area contributed by atoms with Crippen molar-refractivity contribution in [3.05, 3.63) is 17.5 Å². The number of nitrogens with zero attached hydrogens (tertiary/aromatic N) is 2. The maximum Gasteiger partial charge on any atom is 0.339 e. The molecule has 0 unspecified atom stereocenters. The second kappa shape index (κ2) is 5.16. The smallest absolute Gasteiger partial charge is 0.339 e. The SMILES string of the molecule is C[C@H](NC(=O)c1c(C(=O)O)cnn1C)[C@H]1C[C@H]2CC[C@H]1C2. The Morgan fingerprint density at radius 1 is 1.43 bits per heavy atom. The van der Waals surface area contributed by atoms with Crippen molar-refractivity contribution in [1.82, 2.24) is 15.1 Å². The van der Waals surface area contributed by atoms with Crippen LogP contribution < -0.4 is 5.32 Å². The van der Waals surface area contributed by atoms with Crippen LogP contribution in [0.25, 0.3) is 0 Å². The van der Waals surface area contributed by atoms with E-state index in [4.69, 9.17) is 5.11 Å². The predicted octanol–water partition coefficient (Wildman–Crippen LogP) is 1.67. The first kappa shape index (κ1) is 14.1. The van der Waals surface area contributed by atoms with Crippen molar-refractivity contribution in [3.8, 4) is 0 Å². The van der Waals surface area contributed by atoms with Gasteiger partial charge in [0.1, 0.15) is 11.3 Å². The molecule has 3 rings (SSSR count). The summed E-state index contributed by atoms with van der Waals surface area (Å²) in [7, 11) is 1.59. The molecule has 1 heterocycles. The number of aromatic nitrogens is 2. The molecule has 0 aliphatic heterocycles. The number of carbonyl (C=O) groups is 2. The number of amides is 1. The number of hydrogen-bond donors (Lipinski definition) is 2. The van der Waals surface area contributed by atoms with E-state index in [1.807, 2.05) is 6.92 Å². The van der Waals surface area contributed by atoms with Gasteiger partial charge in [0.2, 0.25) is 0 Å². The van der Waals surface area contributed by atoms with Gasteiger partial charge in [0.05, 0.1) is 6.20 Å². The molecule has 2 bridgehead atoms. The van der Waals surface area contributed by atoms with Crippen molar-refractivity contribution in [2.24, 2.45) is 24.8 Å². The summed E-state index contributed by atoms with van der Waals surface area (Å²) in [5.41, 5.74) is 0.0765. The summed E-state index contributed by atoms with van der Waals surface area (Å²) in [6.45, 7) is 2.03. The van der Waals surface area contributed by atoms with E-state index in [1.165, 1.54) is 36.6 Å². The molecule has 114 valence electrons. The number of nitrogens with one attached hydrogen (secondary N) is 1. The molecule has 21 heavy (non-hydrogen) atoms. The molecule has 0 saturated heterocycles. The maximum atomic E-state index is 12.4. The number of fused-ring (bicyclic) bond motifs is 2. The van der Waals surface area contributed by atoms with Gasteiger partial charge in [-0.25, -0.2) is 4.79 Å². The molecule has 6 nitrogen and oxygen atoms in total. The highest BCUT2D eigenvalue weighted by Crippen LogP contribution is 2.49. The van der Waals surface area contributed by atoms with Gasteiger partial charge in [-0.2, -0.15) is 5.10 Å². The molecule has 2 aliphatic carbocycles. The van der Waals surface area contributed by atoms with Crippen molar-refractivity contribution in [1.29, 1.82) is 0 Å². The molecule has 1 amide bonds. The Hall–Kier alpha value is -1.85. The van der Waals surface area contributed by atoms with E-state index in [-0.39, 0.29) is 23.2 Å². The Kier molecular flexibility index (Phi) is 3.47. The van der Waals surface area contributed by atoms with E-state index >= 15 is 0 Å². The highest BCUT2D eigenvalue weighted by Gasteiger charge is 2.42. The quantitative estimate of drug-likeness (QED) is 0.884. The molecule has 0 aromatic carbocycles. The predicted molar refractivity (Wildman–Crippen MR) is 76.0 cm³/mol. The number of rotatable bonds is 4. The first-order chi connectivity index (χ1) is 9.97. The number of carbonyl (C=O) groups excluding carboxylic acids is 1. The lowest BCUT2D eigenvalue weighted by Gasteiger charge is -2.28. The van der Waals surface area contributed by atoms with Crippen LogP contribution in [0.5, 0.6) is 0 Å². The Labute approximate surface area is 123 Å². The normalized spacial score (nSPS) is 28.6. The monoisotopic (exact) mass is 291 g/mol. The summed E-state index contributed by atoms with van der Waals surface area (Å²) < 4.78 is 1.33. The minimum atomic E-state index is -1.12. The molecule has 2 saturated carbocycles. The fourth-order valence-corrected chi connectivity index (χ4v) is 4.15. The average Bonchev–Trinajstić information content (AvgIpc) is 3.12. The highest BCUT2D eigenvalue weighted by atomic mass is 16.4. The Balaban J connectivity index is 1.72. The summed E-state index contributed by atoms with van der Waals surface area (Å²) in [5.74, 6) is 0.596. The lowest BCUT2D eigenvalue weighted by molar-refractivity contribution is 0.0689. The van der Waals surface area contributed by atoms with Crippen molar-refractivity contribution >= 4 is 11.9 Å². The van der Waals surface area contributed by atoms with Crippen LogP contribution in [0.1, 0.15) is 53.5 Å². The number of aryl methyl sites for hydroxylation is 1. The minimum absolute atomic E-state index is 0.0462. The number of hydrogen-bond acceptors (Lipinski definition) is 3. The van der Waals surface area contributed by atoms with E-state index in [0.717, 1.165) is 11.8 Å². The van der Waals surface area contributed by atoms with E-state index in [9.17, 15) is 9.59 Å². The molecule has 0 spiro atoms. The lowest BCUT2D eigenvalue weighted by atomic mass is 9.84. The summed E-state index contributed by atoms with van der Waals surface area (Å²) in [4.78, 5) is 23.5. The van der Waals surface area contributed by atoms with Crippen LogP contribution in [0.4, 0.5) is 0 Å². The van der Waals surface area contributed by atoms with Crippen molar-refractivity contribution in [3.63, 3.8) is 0 Å². The molecule has 6 heteroatoms. The van der Waals surface area contributed by atoms with E-state index in [0.29, 0.717) is 5.92 Å². The van der Waals surface area contributed by atoms with Gasteiger partial charge in [0.15, 0.2) is 0 Å². The summed E-state index contributed by atoms with van der Waals surface area (Å²) in [5, 5.41) is 16.0. The van der Waals surface area contributed by atoms with Crippen LogP contribution in [0.3, 0.4) is 0 Å². The maximum absolute atomic E-state index is 12.4. The lowest BCUT2D eigenvalue weighted by Crippen LogP contribution is -2.41. The van der Waals surface area contributed by atoms with Crippen molar-refractivity contribution in [2.45, 2.75) is 38.6 Å². The van der Waals surface area contributed by atoms with Crippen molar-refractivity contribution < 1.29 is 14.7 Å². The standard InChI is InChI=1S/C15H21N3O3/c1-8(11-6-9-3-4-10(11)5-9)17-14(19)13-12(15(20)21)7-16-18(13)2/h7-11H,3-6H2,1-2H3,(H,17,19)(H,20,21)/t8-,9-,10-,11+/m0/s1. The van der Waals surface area contributed by atoms with Crippen molar-refractivity contribution in [2.75, 3.05) is 0 Å². The van der Waals surface area contributed by atoms with Crippen LogP contribution in [0.15, 0.2) is 6.20 Å². The van der Waals surface area contributed by atoms with Gasteiger partial charge in [0.25, 0.3) is 5.91 Å². The largest absolute Gasteiger partial charge is 0.478 e. The molecular weight excluding hydrogens is 270 g/mol. The van der Waals surface area contributed by atoms with Crippen LogP contribution in [-0.2, 0) is 7.05 Å². The molecule has 4 atom stereocenters. The summed E-state index contributed by atoms with van der Waals surface area (Å²) in [6, 6.07) is 0.0735. The highest BCUT2D eigenvalue weighted by molar-refractivity contribution is 6.03. The number of aromatic carboxylic acids is 1. The first-order valence-corrected chi connectivity index (χ1v) is 7.53. The molecule has 1 aromatic heterocycles. The fraction of sp³-hybridized carbons (Fsp3) is 0.667. The van der Waals surface area contributed by atoms with Gasteiger partial charge in [-0.15, -0.1) is 0 Å².